The van der Waals surface area contributed by atoms with Crippen LogP contribution in [0.2, 0.25) is 10.0 Å². The van der Waals surface area contributed by atoms with Crippen LogP contribution in [0.5, 0.6) is 0 Å². The summed E-state index contributed by atoms with van der Waals surface area (Å²) in [7, 11) is 1.33. The first kappa shape index (κ1) is 19.3. The van der Waals surface area contributed by atoms with E-state index in [2.05, 4.69) is 4.74 Å². The van der Waals surface area contributed by atoms with Gasteiger partial charge in [0, 0.05) is 23.1 Å². The van der Waals surface area contributed by atoms with Crippen LogP contribution in [0, 0.1) is 0 Å². The van der Waals surface area contributed by atoms with E-state index in [4.69, 9.17) is 23.2 Å². The van der Waals surface area contributed by atoms with Gasteiger partial charge in [-0.2, -0.15) is 0 Å². The molecule has 0 spiro atoms. The zero-order chi connectivity index (χ0) is 18.2. The first-order valence-corrected chi connectivity index (χ1v) is 8.58. The molecule has 0 aromatic heterocycles. The lowest BCUT2D eigenvalue weighted by atomic mass is 10.1. The van der Waals surface area contributed by atoms with Gasteiger partial charge in [0.1, 0.15) is 0 Å². The maximum absolute atomic E-state index is 12.8. The molecule has 0 fully saturated rings. The van der Waals surface area contributed by atoms with Gasteiger partial charge in [0.05, 0.1) is 20.0 Å². The van der Waals surface area contributed by atoms with Crippen molar-refractivity contribution in [3.63, 3.8) is 0 Å². The third-order valence-corrected chi connectivity index (χ3v) is 4.48. The Labute approximate surface area is 157 Å². The minimum atomic E-state index is -0.360. The van der Waals surface area contributed by atoms with Crippen LogP contribution in [0.4, 0.5) is 0 Å². The van der Waals surface area contributed by atoms with E-state index in [-0.39, 0.29) is 31.3 Å². The largest absolute Gasteiger partial charge is 0.469 e. The Morgan fingerprint density at radius 2 is 1.64 bits per heavy atom. The fourth-order valence-corrected chi connectivity index (χ4v) is 2.92. The highest BCUT2D eigenvalue weighted by Gasteiger charge is 2.19. The minimum Gasteiger partial charge on any atom is -0.469 e. The highest BCUT2D eigenvalue weighted by Crippen LogP contribution is 2.25. The minimum absolute atomic E-state index is 0.0759. The van der Waals surface area contributed by atoms with E-state index < -0.39 is 0 Å². The van der Waals surface area contributed by atoms with Crippen molar-refractivity contribution in [2.75, 3.05) is 13.7 Å². The smallest absolute Gasteiger partial charge is 0.307 e. The normalized spacial score (nSPS) is 10.4. The Bertz CT molecular complexity index is 714. The van der Waals surface area contributed by atoms with Gasteiger partial charge in [-0.1, -0.05) is 59.6 Å². The summed E-state index contributed by atoms with van der Waals surface area (Å²) in [6.07, 6.45) is 0.206. The van der Waals surface area contributed by atoms with Gasteiger partial charge in [-0.3, -0.25) is 9.59 Å². The van der Waals surface area contributed by atoms with Gasteiger partial charge in [0.25, 0.3) is 0 Å². The summed E-state index contributed by atoms with van der Waals surface area (Å²) in [6.45, 7) is 0.668. The monoisotopic (exact) mass is 379 g/mol. The number of rotatable bonds is 7. The lowest BCUT2D eigenvalue weighted by molar-refractivity contribution is -0.141. The predicted octanol–water partition coefficient (Wildman–Crippen LogP) is 4.13. The number of benzene rings is 2. The summed E-state index contributed by atoms with van der Waals surface area (Å²) in [6, 6.07) is 14.7. The van der Waals surface area contributed by atoms with Crippen molar-refractivity contribution in [2.45, 2.75) is 19.4 Å². The number of hydrogen-bond acceptors (Lipinski definition) is 3. The van der Waals surface area contributed by atoms with Crippen molar-refractivity contribution in [3.05, 3.63) is 69.7 Å². The molecule has 0 aliphatic heterocycles. The molecule has 0 bridgehead atoms. The molecule has 6 heteroatoms. The highest BCUT2D eigenvalue weighted by atomic mass is 35.5. The van der Waals surface area contributed by atoms with Gasteiger partial charge in [0.2, 0.25) is 5.91 Å². The number of carbonyl (C=O) groups excluding carboxylic acids is 2. The van der Waals surface area contributed by atoms with Crippen LogP contribution in [-0.2, 0) is 27.3 Å². The maximum Gasteiger partial charge on any atom is 0.307 e. The number of methoxy groups -OCH3 is 1. The number of carbonyl (C=O) groups is 2. The lowest BCUT2D eigenvalue weighted by Crippen LogP contribution is -2.34. The molecular formula is C19H19Cl2NO3. The summed E-state index contributed by atoms with van der Waals surface area (Å²) >= 11 is 12.3. The molecule has 0 saturated heterocycles. The molecule has 25 heavy (non-hydrogen) atoms. The van der Waals surface area contributed by atoms with Crippen LogP contribution in [0.15, 0.2) is 48.5 Å². The second-order valence-electron chi connectivity index (χ2n) is 5.50. The molecular weight excluding hydrogens is 361 g/mol. The van der Waals surface area contributed by atoms with E-state index in [1.54, 1.807) is 23.1 Å². The van der Waals surface area contributed by atoms with E-state index in [1.165, 1.54) is 7.11 Å². The van der Waals surface area contributed by atoms with E-state index in [0.717, 1.165) is 5.56 Å². The molecule has 2 aromatic rings. The van der Waals surface area contributed by atoms with Crippen LogP contribution in [0.3, 0.4) is 0 Å². The van der Waals surface area contributed by atoms with E-state index in [1.807, 2.05) is 30.3 Å². The molecule has 2 rings (SSSR count). The number of hydrogen-bond donors (Lipinski definition) is 0. The number of ether oxygens (including phenoxy) is 1. The van der Waals surface area contributed by atoms with Gasteiger partial charge >= 0.3 is 5.97 Å². The Balaban J connectivity index is 2.15. The van der Waals surface area contributed by atoms with Crippen molar-refractivity contribution in [1.29, 1.82) is 0 Å². The van der Waals surface area contributed by atoms with Crippen molar-refractivity contribution in [1.82, 2.24) is 4.90 Å². The van der Waals surface area contributed by atoms with Gasteiger partial charge in [-0.05, 0) is 23.3 Å². The van der Waals surface area contributed by atoms with Gasteiger partial charge < -0.3 is 9.64 Å². The maximum atomic E-state index is 12.8. The average Bonchev–Trinajstić information content (AvgIpc) is 2.62. The zero-order valence-corrected chi connectivity index (χ0v) is 15.4. The standard InChI is InChI=1S/C19H19Cl2NO3/c1-25-19(24)10-11-22(13-14-6-3-2-4-7-14)18(23)12-15-16(20)8-5-9-17(15)21/h2-9H,10-13H2,1H3. The van der Waals surface area contributed by atoms with Crippen LogP contribution in [0.1, 0.15) is 17.5 Å². The predicted molar refractivity (Wildman–Crippen MR) is 98.7 cm³/mol. The molecule has 0 atom stereocenters. The third kappa shape index (κ3) is 5.76. The summed E-state index contributed by atoms with van der Waals surface area (Å²) < 4.78 is 4.67. The number of halogens is 2. The fraction of sp³-hybridized carbons (Fsp3) is 0.263. The number of amides is 1. The summed E-state index contributed by atoms with van der Waals surface area (Å²) in [5.41, 5.74) is 1.57. The van der Waals surface area contributed by atoms with Gasteiger partial charge in [-0.15, -0.1) is 0 Å². The second kappa shape index (κ2) is 9.44. The number of nitrogens with zero attached hydrogens (tertiary/aromatic N) is 1. The fourth-order valence-electron chi connectivity index (χ4n) is 2.39. The molecule has 0 aliphatic rings. The van der Waals surface area contributed by atoms with Crippen LogP contribution >= 0.6 is 23.2 Å². The molecule has 132 valence electrons. The first-order valence-electron chi connectivity index (χ1n) is 7.82. The number of esters is 1. The van der Waals surface area contributed by atoms with E-state index >= 15 is 0 Å². The molecule has 0 saturated carbocycles. The molecule has 0 heterocycles. The van der Waals surface area contributed by atoms with Crippen molar-refractivity contribution in [3.8, 4) is 0 Å². The molecule has 0 unspecified atom stereocenters. The molecule has 1 amide bonds. The van der Waals surface area contributed by atoms with Crippen LogP contribution < -0.4 is 0 Å². The molecule has 0 radical (unpaired) electrons. The van der Waals surface area contributed by atoms with Crippen molar-refractivity contribution < 1.29 is 14.3 Å². The van der Waals surface area contributed by atoms with Crippen molar-refractivity contribution >= 4 is 35.1 Å². The SMILES string of the molecule is COC(=O)CCN(Cc1ccccc1)C(=O)Cc1c(Cl)cccc1Cl. The third-order valence-electron chi connectivity index (χ3n) is 3.77. The Morgan fingerprint density at radius 3 is 2.24 bits per heavy atom. The lowest BCUT2D eigenvalue weighted by Gasteiger charge is -2.23. The topological polar surface area (TPSA) is 46.6 Å². The Hall–Kier alpha value is -2.04. The van der Waals surface area contributed by atoms with E-state index in [9.17, 15) is 9.59 Å². The summed E-state index contributed by atoms with van der Waals surface area (Å²) in [5, 5.41) is 0.905. The average molecular weight is 380 g/mol. The summed E-state index contributed by atoms with van der Waals surface area (Å²) in [5.74, 6) is -0.510. The van der Waals surface area contributed by atoms with Crippen LogP contribution in [-0.4, -0.2) is 30.4 Å². The second-order valence-corrected chi connectivity index (χ2v) is 6.32. The zero-order valence-electron chi connectivity index (χ0n) is 13.9. The quantitative estimate of drug-likeness (QED) is 0.679. The Kier molecular flexibility index (Phi) is 7.29. The highest BCUT2D eigenvalue weighted by molar-refractivity contribution is 6.36. The molecule has 0 N–H and O–H groups in total. The van der Waals surface area contributed by atoms with Crippen molar-refractivity contribution in [2.24, 2.45) is 0 Å². The van der Waals surface area contributed by atoms with Gasteiger partial charge in [0.15, 0.2) is 0 Å². The first-order chi connectivity index (χ1) is 12.0. The van der Waals surface area contributed by atoms with E-state index in [0.29, 0.717) is 22.2 Å². The Morgan fingerprint density at radius 1 is 1.00 bits per heavy atom. The molecule has 2 aromatic carbocycles. The van der Waals surface area contributed by atoms with Crippen LogP contribution in [0.25, 0.3) is 0 Å². The molecule has 0 aliphatic carbocycles. The molecule has 4 nitrogen and oxygen atoms in total. The van der Waals surface area contributed by atoms with Gasteiger partial charge in [-0.25, -0.2) is 0 Å². The summed E-state index contributed by atoms with van der Waals surface area (Å²) in [4.78, 5) is 25.9.